The molecular formula is C31H24F2N4O4S. The summed E-state index contributed by atoms with van der Waals surface area (Å²) in [7, 11) is 1.33. The minimum atomic E-state index is -0.637. The van der Waals surface area contributed by atoms with Crippen LogP contribution in [0, 0.1) is 23.0 Å². The number of pyridine rings is 1. The van der Waals surface area contributed by atoms with E-state index in [1.165, 1.54) is 36.6 Å². The number of halogens is 2. The second kappa shape index (κ2) is 11.7. The van der Waals surface area contributed by atoms with Crippen molar-refractivity contribution in [1.82, 2.24) is 14.5 Å². The number of aromatic nitrogens is 3. The summed E-state index contributed by atoms with van der Waals surface area (Å²) in [5.74, 6) is -1.06. The molecule has 0 amide bonds. The average molecular weight is 587 g/mol. The number of esters is 1. The van der Waals surface area contributed by atoms with E-state index in [0.717, 1.165) is 17.5 Å². The maximum Gasteiger partial charge on any atom is 0.348 e. The van der Waals surface area contributed by atoms with Crippen molar-refractivity contribution in [2.24, 2.45) is 0 Å². The zero-order valence-electron chi connectivity index (χ0n) is 22.5. The van der Waals surface area contributed by atoms with Gasteiger partial charge >= 0.3 is 5.97 Å². The number of methoxy groups -OCH3 is 1. The molecule has 5 aromatic rings. The van der Waals surface area contributed by atoms with E-state index in [9.17, 15) is 9.18 Å². The Morgan fingerprint density at radius 1 is 1.12 bits per heavy atom. The highest BCUT2D eigenvalue weighted by molar-refractivity contribution is 7.20. The van der Waals surface area contributed by atoms with Crippen LogP contribution in [0.3, 0.4) is 0 Å². The first-order chi connectivity index (χ1) is 20.4. The van der Waals surface area contributed by atoms with Crippen molar-refractivity contribution in [3.05, 3.63) is 99.7 Å². The molecule has 0 aliphatic carbocycles. The van der Waals surface area contributed by atoms with Gasteiger partial charge in [-0.25, -0.2) is 23.5 Å². The van der Waals surface area contributed by atoms with E-state index in [-0.39, 0.29) is 25.0 Å². The highest BCUT2D eigenvalue weighted by atomic mass is 32.1. The minimum Gasteiger partial charge on any atom is -0.471 e. The van der Waals surface area contributed by atoms with Gasteiger partial charge in [-0.15, -0.1) is 11.3 Å². The van der Waals surface area contributed by atoms with E-state index in [1.54, 1.807) is 42.5 Å². The van der Waals surface area contributed by atoms with Gasteiger partial charge in [-0.05, 0) is 53.9 Å². The van der Waals surface area contributed by atoms with Gasteiger partial charge in [0, 0.05) is 18.6 Å². The molecule has 1 aliphatic heterocycles. The summed E-state index contributed by atoms with van der Waals surface area (Å²) in [5, 5.41) is 8.94. The SMILES string of the molecule is COC(=O)c1cc2c(nc(Cc3ccc(-c4ccc(F)c(OCc5ccc(C#N)cc5)n4)cc3F)n2C[C@@H]2CCO2)s1. The van der Waals surface area contributed by atoms with Gasteiger partial charge in [-0.3, -0.25) is 0 Å². The molecule has 0 bridgehead atoms. The zero-order valence-corrected chi connectivity index (χ0v) is 23.3. The molecule has 1 fully saturated rings. The molecular weight excluding hydrogens is 562 g/mol. The Morgan fingerprint density at radius 2 is 1.93 bits per heavy atom. The number of thiophene rings is 1. The standard InChI is InChI=1S/C31H24F2N4O4S/c1-39-31(38)27-14-26-30(42-27)36-28(37(26)16-22-10-11-40-22)13-20-6-7-21(12-24(20)33)25-9-8-23(32)29(35-25)41-17-19-4-2-18(15-34)3-5-19/h2-9,12,14,22H,10-11,13,16-17H2,1H3/t22-/m0/s1. The molecule has 1 atom stereocenters. The van der Waals surface area contributed by atoms with Crippen molar-refractivity contribution in [2.45, 2.75) is 32.1 Å². The molecule has 4 heterocycles. The molecule has 3 aromatic heterocycles. The van der Waals surface area contributed by atoms with Gasteiger partial charge in [-0.2, -0.15) is 5.26 Å². The summed E-state index contributed by atoms with van der Waals surface area (Å²) in [5.41, 5.74) is 3.30. The molecule has 6 rings (SSSR count). The molecule has 42 heavy (non-hydrogen) atoms. The van der Waals surface area contributed by atoms with Crippen LogP contribution in [0.4, 0.5) is 8.78 Å². The Balaban J connectivity index is 1.23. The number of carbonyl (C=O) groups is 1. The van der Waals surface area contributed by atoms with Gasteiger partial charge < -0.3 is 18.8 Å². The number of imidazole rings is 1. The molecule has 1 saturated heterocycles. The van der Waals surface area contributed by atoms with Crippen molar-refractivity contribution in [1.29, 1.82) is 5.26 Å². The van der Waals surface area contributed by atoms with Gasteiger partial charge in [0.2, 0.25) is 0 Å². The molecule has 1 aliphatic rings. The fourth-order valence-corrected chi connectivity index (χ4v) is 5.64. The van der Waals surface area contributed by atoms with Crippen molar-refractivity contribution < 1.29 is 27.8 Å². The van der Waals surface area contributed by atoms with Gasteiger partial charge in [0.1, 0.15) is 28.0 Å². The van der Waals surface area contributed by atoms with E-state index < -0.39 is 17.6 Å². The summed E-state index contributed by atoms with van der Waals surface area (Å²) in [6, 6.07) is 18.0. The predicted octanol–water partition coefficient (Wildman–Crippen LogP) is 6.05. The van der Waals surface area contributed by atoms with Crippen molar-refractivity contribution in [2.75, 3.05) is 13.7 Å². The third kappa shape index (κ3) is 5.59. The first kappa shape index (κ1) is 27.5. The fourth-order valence-electron chi connectivity index (χ4n) is 4.67. The van der Waals surface area contributed by atoms with Crippen LogP contribution in [0.15, 0.2) is 60.7 Å². The van der Waals surface area contributed by atoms with Crippen LogP contribution < -0.4 is 4.74 Å². The molecule has 2 aromatic carbocycles. The van der Waals surface area contributed by atoms with Gasteiger partial charge in [-0.1, -0.05) is 24.3 Å². The number of fused-ring (bicyclic) bond motifs is 1. The van der Waals surface area contributed by atoms with Crippen LogP contribution in [0.5, 0.6) is 5.88 Å². The van der Waals surface area contributed by atoms with Gasteiger partial charge in [0.25, 0.3) is 5.88 Å². The Kier molecular flexibility index (Phi) is 7.65. The van der Waals surface area contributed by atoms with Crippen molar-refractivity contribution in [3.63, 3.8) is 0 Å². The lowest BCUT2D eigenvalue weighted by Crippen LogP contribution is -2.31. The second-order valence-corrected chi connectivity index (χ2v) is 10.8. The number of nitrogens with zero attached hydrogens (tertiary/aromatic N) is 4. The van der Waals surface area contributed by atoms with E-state index in [4.69, 9.17) is 24.5 Å². The van der Waals surface area contributed by atoms with E-state index in [0.29, 0.717) is 51.1 Å². The normalized spacial score (nSPS) is 14.4. The van der Waals surface area contributed by atoms with Gasteiger partial charge in [0.05, 0.1) is 42.6 Å². The maximum absolute atomic E-state index is 15.4. The molecule has 0 N–H and O–H groups in total. The van der Waals surface area contributed by atoms with Crippen LogP contribution in [0.1, 0.15) is 38.6 Å². The predicted molar refractivity (Wildman–Crippen MR) is 151 cm³/mol. The summed E-state index contributed by atoms with van der Waals surface area (Å²) in [4.78, 5) is 22.2. The van der Waals surface area contributed by atoms with Crippen LogP contribution in [-0.4, -0.2) is 40.3 Å². The Morgan fingerprint density at radius 3 is 2.62 bits per heavy atom. The van der Waals surface area contributed by atoms with Crippen LogP contribution in [-0.2, 0) is 29.0 Å². The van der Waals surface area contributed by atoms with Crippen molar-refractivity contribution in [3.8, 4) is 23.2 Å². The van der Waals surface area contributed by atoms with Crippen LogP contribution in [0.2, 0.25) is 0 Å². The number of rotatable bonds is 9. The number of hydrogen-bond acceptors (Lipinski definition) is 8. The molecule has 0 spiro atoms. The summed E-state index contributed by atoms with van der Waals surface area (Å²) < 4.78 is 47.9. The Hall–Kier alpha value is -4.66. The Labute approximate surface area is 243 Å². The van der Waals surface area contributed by atoms with Crippen LogP contribution in [0.25, 0.3) is 21.6 Å². The Bertz CT molecular complexity index is 1820. The number of nitriles is 1. The fraction of sp³-hybridized carbons (Fsp3) is 0.226. The van der Waals surface area contributed by atoms with Gasteiger partial charge in [0.15, 0.2) is 5.82 Å². The molecule has 11 heteroatoms. The summed E-state index contributed by atoms with van der Waals surface area (Å²) in [6.45, 7) is 1.31. The number of hydrogen-bond donors (Lipinski definition) is 0. The first-order valence-electron chi connectivity index (χ1n) is 13.2. The lowest BCUT2D eigenvalue weighted by atomic mass is 10.0. The topological polar surface area (TPSA) is 99.3 Å². The monoisotopic (exact) mass is 586 g/mol. The second-order valence-electron chi connectivity index (χ2n) is 9.78. The minimum absolute atomic E-state index is 0.0349. The zero-order chi connectivity index (χ0) is 29.2. The van der Waals surface area contributed by atoms with E-state index >= 15 is 4.39 Å². The first-order valence-corrected chi connectivity index (χ1v) is 14.0. The van der Waals surface area contributed by atoms with Crippen LogP contribution >= 0.6 is 11.3 Å². The third-order valence-electron chi connectivity index (χ3n) is 7.06. The highest BCUT2D eigenvalue weighted by Crippen LogP contribution is 2.31. The average Bonchev–Trinajstić information content (AvgIpc) is 3.53. The summed E-state index contributed by atoms with van der Waals surface area (Å²) >= 11 is 1.23. The molecule has 0 radical (unpaired) electrons. The largest absolute Gasteiger partial charge is 0.471 e. The lowest BCUT2D eigenvalue weighted by molar-refractivity contribution is -0.0589. The van der Waals surface area contributed by atoms with Crippen molar-refractivity contribution >= 4 is 27.7 Å². The number of ether oxygens (including phenoxy) is 3. The summed E-state index contributed by atoms with van der Waals surface area (Å²) in [6.07, 6.45) is 1.18. The number of benzene rings is 2. The van der Waals surface area contributed by atoms with E-state index in [2.05, 4.69) is 4.98 Å². The lowest BCUT2D eigenvalue weighted by Gasteiger charge is -2.27. The highest BCUT2D eigenvalue weighted by Gasteiger charge is 2.24. The quantitative estimate of drug-likeness (QED) is 0.194. The smallest absolute Gasteiger partial charge is 0.348 e. The molecule has 0 unspecified atom stereocenters. The maximum atomic E-state index is 15.4. The molecule has 0 saturated carbocycles. The van der Waals surface area contributed by atoms with E-state index in [1.807, 2.05) is 10.6 Å². The molecule has 8 nitrogen and oxygen atoms in total. The molecule has 212 valence electrons. The number of carbonyl (C=O) groups excluding carboxylic acids is 1. The third-order valence-corrected chi connectivity index (χ3v) is 8.06.